The van der Waals surface area contributed by atoms with E-state index in [4.69, 9.17) is 10.0 Å². The molecule has 2 heteroatoms. The van der Waals surface area contributed by atoms with Gasteiger partial charge in [0.2, 0.25) is 0 Å². The van der Waals surface area contributed by atoms with E-state index in [0.29, 0.717) is 0 Å². The van der Waals surface area contributed by atoms with E-state index in [2.05, 4.69) is 13.8 Å². The first kappa shape index (κ1) is 5.83. The molecule has 0 saturated heterocycles. The third-order valence-electron chi connectivity index (χ3n) is 0.218. The molecule has 0 rings (SSSR count). The fourth-order valence-corrected chi connectivity index (χ4v) is 0. The summed E-state index contributed by atoms with van der Waals surface area (Å²) in [7, 11) is 5.46. The SMILES string of the molecule is C[CH](C)[Ge][Cl]. The number of hydrogen-bond donors (Lipinski definition) is 0. The molecule has 0 unspecified atom stereocenters. The van der Waals surface area contributed by atoms with E-state index in [0.717, 1.165) is 4.75 Å². The van der Waals surface area contributed by atoms with E-state index >= 15 is 0 Å². The zero-order valence-electron chi connectivity index (χ0n) is 3.46. The van der Waals surface area contributed by atoms with Gasteiger partial charge < -0.3 is 0 Å². The molecule has 0 aromatic rings. The molecular formula is C3H7ClGe. The van der Waals surface area contributed by atoms with Crippen molar-refractivity contribution in [2.45, 2.75) is 18.6 Å². The van der Waals surface area contributed by atoms with E-state index in [1.54, 1.807) is 0 Å². The summed E-state index contributed by atoms with van der Waals surface area (Å²) in [5.41, 5.74) is 0. The molecule has 0 bridgehead atoms. The first-order valence-electron chi connectivity index (χ1n) is 1.63. The van der Waals surface area contributed by atoms with Crippen LogP contribution in [0.4, 0.5) is 0 Å². The van der Waals surface area contributed by atoms with Crippen molar-refractivity contribution in [1.82, 2.24) is 0 Å². The molecule has 0 N–H and O–H groups in total. The molecule has 0 fully saturated rings. The van der Waals surface area contributed by atoms with Gasteiger partial charge in [-0.25, -0.2) is 0 Å². The van der Waals surface area contributed by atoms with Crippen LogP contribution >= 0.6 is 10.0 Å². The molecule has 0 aliphatic carbocycles. The van der Waals surface area contributed by atoms with E-state index in [1.807, 2.05) is 0 Å². The average Bonchev–Trinajstić information content (AvgIpc) is 1.38. The van der Waals surface area contributed by atoms with E-state index in [-0.39, 0.29) is 14.5 Å². The van der Waals surface area contributed by atoms with E-state index < -0.39 is 0 Å². The minimum absolute atomic E-state index is 0.0833. The van der Waals surface area contributed by atoms with E-state index in [9.17, 15) is 0 Å². The molecule has 2 radical (unpaired) electrons. The van der Waals surface area contributed by atoms with Gasteiger partial charge >= 0.3 is 43.1 Å². The van der Waals surface area contributed by atoms with Crippen LogP contribution in [0.1, 0.15) is 13.8 Å². The summed E-state index contributed by atoms with van der Waals surface area (Å²) < 4.78 is 0.775. The summed E-state index contributed by atoms with van der Waals surface area (Å²) in [6.07, 6.45) is 0. The fraction of sp³-hybridized carbons (Fsp3) is 1.00. The summed E-state index contributed by atoms with van der Waals surface area (Å²) in [4.78, 5) is 0. The van der Waals surface area contributed by atoms with Gasteiger partial charge in [-0.1, -0.05) is 0 Å². The van der Waals surface area contributed by atoms with Crippen LogP contribution in [-0.2, 0) is 0 Å². The Labute approximate surface area is 43.6 Å². The molecule has 0 nitrogen and oxygen atoms in total. The van der Waals surface area contributed by atoms with Crippen molar-refractivity contribution in [1.29, 1.82) is 0 Å². The zero-order chi connectivity index (χ0) is 4.28. The number of hydrogen-bond acceptors (Lipinski definition) is 0. The van der Waals surface area contributed by atoms with Crippen LogP contribution in [0, 0.1) is 0 Å². The van der Waals surface area contributed by atoms with Crippen molar-refractivity contribution in [3.05, 3.63) is 0 Å². The van der Waals surface area contributed by atoms with Gasteiger partial charge in [-0.05, 0) is 0 Å². The summed E-state index contributed by atoms with van der Waals surface area (Å²) in [6.45, 7) is 4.29. The van der Waals surface area contributed by atoms with Gasteiger partial charge in [0.15, 0.2) is 0 Å². The Kier molecular flexibility index (Phi) is 3.55. The van der Waals surface area contributed by atoms with Gasteiger partial charge in [-0.15, -0.1) is 0 Å². The van der Waals surface area contributed by atoms with Crippen LogP contribution in [0.3, 0.4) is 0 Å². The Morgan fingerprint density at radius 2 is 1.80 bits per heavy atom. The quantitative estimate of drug-likeness (QED) is 0.500. The third kappa shape index (κ3) is 4.83. The van der Waals surface area contributed by atoms with Crippen molar-refractivity contribution in [2.24, 2.45) is 0 Å². The van der Waals surface area contributed by atoms with Crippen molar-refractivity contribution in [3.63, 3.8) is 0 Å². The molecule has 30 valence electrons. The molecule has 0 heterocycles. The van der Waals surface area contributed by atoms with Gasteiger partial charge in [0.1, 0.15) is 0 Å². The van der Waals surface area contributed by atoms with Crippen LogP contribution in [0.25, 0.3) is 0 Å². The topological polar surface area (TPSA) is 0 Å². The molecule has 0 aromatic heterocycles. The van der Waals surface area contributed by atoms with E-state index in [1.165, 1.54) is 0 Å². The number of halogens is 1. The molecule has 0 spiro atoms. The fourth-order valence-electron chi connectivity index (χ4n) is 0. The molecule has 5 heavy (non-hydrogen) atoms. The molecule has 0 saturated carbocycles. The first-order valence-corrected chi connectivity index (χ1v) is 5.60. The van der Waals surface area contributed by atoms with Crippen molar-refractivity contribution in [3.8, 4) is 0 Å². The Bertz CT molecular complexity index is 20.9. The van der Waals surface area contributed by atoms with Gasteiger partial charge in [0.25, 0.3) is 0 Å². The molecule has 0 amide bonds. The molecule has 0 aliphatic rings. The second-order valence-corrected chi connectivity index (χ2v) is 5.28. The molecule has 0 aromatic carbocycles. The molecular weight excluding hydrogens is 144 g/mol. The molecule has 0 atom stereocenters. The summed E-state index contributed by atoms with van der Waals surface area (Å²) in [5.74, 6) is 0. The minimum atomic E-state index is -0.0833. The molecule has 0 aliphatic heterocycles. The second kappa shape index (κ2) is 3.04. The monoisotopic (exact) mass is 152 g/mol. The average molecular weight is 151 g/mol. The Morgan fingerprint density at radius 3 is 1.80 bits per heavy atom. The normalized spacial score (nSPS) is 9.60. The second-order valence-electron chi connectivity index (χ2n) is 1.26. The summed E-state index contributed by atoms with van der Waals surface area (Å²) in [6, 6.07) is 0. The zero-order valence-corrected chi connectivity index (χ0v) is 6.31. The van der Waals surface area contributed by atoms with Gasteiger partial charge in [-0.2, -0.15) is 0 Å². The van der Waals surface area contributed by atoms with Gasteiger partial charge in [0, 0.05) is 0 Å². The first-order chi connectivity index (χ1) is 2.27. The van der Waals surface area contributed by atoms with Crippen LogP contribution in [0.15, 0.2) is 0 Å². The predicted octanol–water partition coefficient (Wildman–Crippen LogP) is 1.67. The third-order valence-corrected chi connectivity index (χ3v) is 3.40. The van der Waals surface area contributed by atoms with Crippen molar-refractivity contribution in [2.75, 3.05) is 0 Å². The predicted molar refractivity (Wildman–Crippen MR) is 26.7 cm³/mol. The van der Waals surface area contributed by atoms with Crippen molar-refractivity contribution < 1.29 is 0 Å². The summed E-state index contributed by atoms with van der Waals surface area (Å²) >= 11 is -0.0833. The van der Waals surface area contributed by atoms with Crippen molar-refractivity contribution >= 4 is 24.5 Å². The Hall–Kier alpha value is 0.833. The van der Waals surface area contributed by atoms with Crippen LogP contribution in [0.2, 0.25) is 4.75 Å². The van der Waals surface area contributed by atoms with Gasteiger partial charge in [-0.3, -0.25) is 0 Å². The van der Waals surface area contributed by atoms with Crippen LogP contribution in [-0.4, -0.2) is 14.5 Å². The Morgan fingerprint density at radius 1 is 1.60 bits per heavy atom. The summed E-state index contributed by atoms with van der Waals surface area (Å²) in [5, 5.41) is 0. The van der Waals surface area contributed by atoms with Crippen LogP contribution in [0.5, 0.6) is 0 Å². The Balaban J connectivity index is 2.54. The maximum absolute atomic E-state index is 5.46. The standard InChI is InChI=1S/C3H7ClGe/c1-3(2)5-4/h3H,1-2H3. The maximum atomic E-state index is 5.46. The van der Waals surface area contributed by atoms with Crippen LogP contribution < -0.4 is 0 Å². The van der Waals surface area contributed by atoms with Gasteiger partial charge in [0.05, 0.1) is 0 Å². The number of rotatable bonds is 1.